The summed E-state index contributed by atoms with van der Waals surface area (Å²) < 4.78 is 44.4. The minimum Gasteiger partial charge on any atom is -0.406 e. The van der Waals surface area contributed by atoms with Crippen LogP contribution in [-0.4, -0.2) is 17.8 Å². The summed E-state index contributed by atoms with van der Waals surface area (Å²) >= 11 is 6.85. The van der Waals surface area contributed by atoms with E-state index in [4.69, 9.17) is 16.9 Å². The molecule has 22 heavy (non-hydrogen) atoms. The van der Waals surface area contributed by atoms with E-state index in [9.17, 15) is 13.2 Å². The molecule has 0 saturated carbocycles. The average Bonchev–Trinajstić information content (AvgIpc) is 2.78. The van der Waals surface area contributed by atoms with Crippen molar-refractivity contribution in [2.45, 2.75) is 12.9 Å². The van der Waals surface area contributed by atoms with Crippen LogP contribution in [0, 0.1) is 11.3 Å². The number of ether oxygens (including phenoxy) is 1. The molecule has 0 atom stereocenters. The lowest BCUT2D eigenvalue weighted by atomic mass is 10.2. The van der Waals surface area contributed by atoms with Gasteiger partial charge in [-0.3, -0.25) is 0 Å². The smallest absolute Gasteiger partial charge is 0.406 e. The first-order chi connectivity index (χ1) is 10.3. The maximum Gasteiger partial charge on any atom is 0.573 e. The molecule has 0 saturated heterocycles. The Labute approximate surface area is 133 Å². The Morgan fingerprint density at radius 2 is 2.18 bits per heavy atom. The van der Waals surface area contributed by atoms with Gasteiger partial charge in [0, 0.05) is 13.6 Å². The predicted molar refractivity (Wildman–Crippen MR) is 77.1 cm³/mol. The highest BCUT2D eigenvalue weighted by Gasteiger charge is 2.31. The minimum absolute atomic E-state index is 0.114. The lowest BCUT2D eigenvalue weighted by Gasteiger charge is -2.18. The van der Waals surface area contributed by atoms with E-state index < -0.39 is 6.36 Å². The average molecular weight is 348 g/mol. The fourth-order valence-corrected chi connectivity index (χ4v) is 2.79. The molecule has 116 valence electrons. The predicted octanol–water partition coefficient (Wildman–Crippen LogP) is 4.20. The molecule has 2 rings (SSSR count). The van der Waals surface area contributed by atoms with Crippen LogP contribution in [-0.2, 0) is 6.54 Å². The Balaban J connectivity index is 2.17. The van der Waals surface area contributed by atoms with Crippen LogP contribution in [0.4, 0.5) is 18.2 Å². The summed E-state index contributed by atoms with van der Waals surface area (Å²) in [5.41, 5.74) is 0.842. The Kier molecular flexibility index (Phi) is 4.78. The van der Waals surface area contributed by atoms with Gasteiger partial charge in [0.1, 0.15) is 22.4 Å². The van der Waals surface area contributed by atoms with Crippen molar-refractivity contribution in [3.8, 4) is 11.8 Å². The minimum atomic E-state index is -4.73. The zero-order chi connectivity index (χ0) is 16.3. The van der Waals surface area contributed by atoms with Gasteiger partial charge in [-0.05, 0) is 29.2 Å². The van der Waals surface area contributed by atoms with Gasteiger partial charge in [-0.1, -0.05) is 23.7 Å². The first-order valence-corrected chi connectivity index (χ1v) is 7.06. The van der Waals surface area contributed by atoms with Gasteiger partial charge in [0.2, 0.25) is 0 Å². The maximum atomic E-state index is 12.2. The van der Waals surface area contributed by atoms with Gasteiger partial charge in [0.15, 0.2) is 5.15 Å². The Morgan fingerprint density at radius 3 is 2.82 bits per heavy atom. The number of hydrogen-bond acceptors (Lipinski definition) is 5. The van der Waals surface area contributed by atoms with Crippen molar-refractivity contribution in [1.82, 2.24) is 4.37 Å². The summed E-state index contributed by atoms with van der Waals surface area (Å²) in [4.78, 5) is 1.69. The molecule has 0 aliphatic rings. The van der Waals surface area contributed by atoms with Gasteiger partial charge in [0.25, 0.3) is 0 Å². The van der Waals surface area contributed by atoms with Crippen LogP contribution >= 0.6 is 23.1 Å². The van der Waals surface area contributed by atoms with Crippen molar-refractivity contribution in [3.05, 3.63) is 40.5 Å². The van der Waals surface area contributed by atoms with E-state index in [0.29, 0.717) is 10.6 Å². The quantitative estimate of drug-likeness (QED) is 0.831. The molecule has 0 N–H and O–H groups in total. The van der Waals surface area contributed by atoms with E-state index in [-0.39, 0.29) is 23.0 Å². The molecule has 4 nitrogen and oxygen atoms in total. The molecule has 0 spiro atoms. The van der Waals surface area contributed by atoms with Crippen LogP contribution in [0.1, 0.15) is 11.1 Å². The molecule has 0 aliphatic carbocycles. The normalized spacial score (nSPS) is 11.1. The lowest BCUT2D eigenvalue weighted by Crippen LogP contribution is -2.18. The molecule has 1 aromatic carbocycles. The van der Waals surface area contributed by atoms with Gasteiger partial charge in [-0.15, -0.1) is 13.2 Å². The summed E-state index contributed by atoms with van der Waals surface area (Å²) in [5.74, 6) is -0.291. The molecule has 9 heteroatoms. The highest BCUT2D eigenvalue weighted by atomic mass is 35.5. The standard InChI is InChI=1S/C13H9ClF3N3OS/c1-20(12-10(6-18)11(14)19-22-12)7-8-3-2-4-9(5-8)21-13(15,16)17/h2-5H,7H2,1H3. The van der Waals surface area contributed by atoms with E-state index >= 15 is 0 Å². The zero-order valence-corrected chi connectivity index (χ0v) is 12.8. The van der Waals surface area contributed by atoms with E-state index in [2.05, 4.69) is 9.11 Å². The summed E-state index contributed by atoms with van der Waals surface area (Å²) in [5, 5.41) is 9.70. The number of rotatable bonds is 4. The van der Waals surface area contributed by atoms with E-state index in [1.807, 2.05) is 6.07 Å². The van der Waals surface area contributed by atoms with Gasteiger partial charge in [0.05, 0.1) is 0 Å². The SMILES string of the molecule is CN(Cc1cccc(OC(F)(F)F)c1)c1snc(Cl)c1C#N. The molecule has 0 fully saturated rings. The third kappa shape index (κ3) is 4.02. The van der Waals surface area contributed by atoms with Crippen LogP contribution in [0.2, 0.25) is 5.15 Å². The van der Waals surface area contributed by atoms with Crippen molar-refractivity contribution in [3.63, 3.8) is 0 Å². The first-order valence-electron chi connectivity index (χ1n) is 5.91. The van der Waals surface area contributed by atoms with E-state index in [1.165, 1.54) is 18.2 Å². The summed E-state index contributed by atoms with van der Waals surface area (Å²) in [7, 11) is 1.70. The van der Waals surface area contributed by atoms with Crippen molar-refractivity contribution >= 4 is 28.1 Å². The van der Waals surface area contributed by atoms with Crippen molar-refractivity contribution in [1.29, 1.82) is 5.26 Å². The van der Waals surface area contributed by atoms with Crippen molar-refractivity contribution < 1.29 is 17.9 Å². The fraction of sp³-hybridized carbons (Fsp3) is 0.231. The highest BCUT2D eigenvalue weighted by molar-refractivity contribution is 7.10. The third-order valence-electron chi connectivity index (χ3n) is 2.64. The van der Waals surface area contributed by atoms with Crippen LogP contribution in [0.3, 0.4) is 0 Å². The molecule has 1 heterocycles. The zero-order valence-electron chi connectivity index (χ0n) is 11.2. The van der Waals surface area contributed by atoms with Crippen LogP contribution in [0.15, 0.2) is 24.3 Å². The molecular weight excluding hydrogens is 339 g/mol. The fourth-order valence-electron chi connectivity index (χ4n) is 1.80. The number of nitrogens with zero attached hydrogens (tertiary/aromatic N) is 3. The van der Waals surface area contributed by atoms with Gasteiger partial charge in [-0.2, -0.15) is 9.64 Å². The number of hydrogen-bond donors (Lipinski definition) is 0. The number of halogens is 4. The van der Waals surface area contributed by atoms with E-state index in [0.717, 1.165) is 11.5 Å². The Bertz CT molecular complexity index is 711. The van der Waals surface area contributed by atoms with Gasteiger partial charge in [-0.25, -0.2) is 0 Å². The van der Waals surface area contributed by atoms with Crippen LogP contribution in [0.5, 0.6) is 5.75 Å². The molecule has 1 aromatic heterocycles. The number of alkyl halides is 3. The van der Waals surface area contributed by atoms with Crippen molar-refractivity contribution in [2.75, 3.05) is 11.9 Å². The van der Waals surface area contributed by atoms with Gasteiger partial charge < -0.3 is 9.64 Å². The summed E-state index contributed by atoms with van der Waals surface area (Å²) in [6.07, 6.45) is -4.73. The lowest BCUT2D eigenvalue weighted by molar-refractivity contribution is -0.274. The largest absolute Gasteiger partial charge is 0.573 e. The summed E-state index contributed by atoms with van der Waals surface area (Å²) in [6, 6.07) is 7.60. The van der Waals surface area contributed by atoms with Crippen molar-refractivity contribution in [2.24, 2.45) is 0 Å². The first kappa shape index (κ1) is 16.4. The molecule has 0 bridgehead atoms. The Hall–Kier alpha value is -1.98. The second-order valence-electron chi connectivity index (χ2n) is 4.32. The molecule has 0 radical (unpaired) electrons. The van der Waals surface area contributed by atoms with Crippen LogP contribution < -0.4 is 9.64 Å². The summed E-state index contributed by atoms with van der Waals surface area (Å²) in [6.45, 7) is 0.280. The molecule has 0 unspecified atom stereocenters. The number of anilines is 1. The molecular formula is C13H9ClF3N3OS. The highest BCUT2D eigenvalue weighted by Crippen LogP contribution is 2.31. The second-order valence-corrected chi connectivity index (χ2v) is 5.43. The maximum absolute atomic E-state index is 12.2. The topological polar surface area (TPSA) is 49.1 Å². The Morgan fingerprint density at radius 1 is 1.45 bits per heavy atom. The third-order valence-corrected chi connectivity index (χ3v) is 3.98. The molecule has 0 aliphatic heterocycles. The van der Waals surface area contributed by atoms with E-state index in [1.54, 1.807) is 18.0 Å². The monoisotopic (exact) mass is 347 g/mol. The number of aromatic nitrogens is 1. The second kappa shape index (κ2) is 6.42. The number of nitriles is 1. The molecule has 0 amide bonds. The van der Waals surface area contributed by atoms with Gasteiger partial charge >= 0.3 is 6.36 Å². The van der Waals surface area contributed by atoms with Crippen LogP contribution in [0.25, 0.3) is 0 Å². The molecule has 2 aromatic rings. The number of benzene rings is 1.